The monoisotopic (exact) mass is 404 g/mol. The molecule has 3 aliphatic carbocycles. The van der Waals surface area contributed by atoms with E-state index in [0.29, 0.717) is 29.9 Å². The van der Waals surface area contributed by atoms with Crippen molar-refractivity contribution in [3.63, 3.8) is 0 Å². The van der Waals surface area contributed by atoms with E-state index in [-0.39, 0.29) is 12.0 Å². The number of aliphatic hydroxyl groups excluding tert-OH is 2. The number of aryl methyl sites for hydroxylation is 1. The number of aliphatic hydroxyl groups is 2. The van der Waals surface area contributed by atoms with Gasteiger partial charge in [-0.3, -0.25) is 0 Å². The molecule has 0 spiro atoms. The Morgan fingerprint density at radius 3 is 2.79 bits per heavy atom. The van der Waals surface area contributed by atoms with Gasteiger partial charge < -0.3 is 31.5 Å². The molecular weight excluding hydrogens is 372 g/mol. The van der Waals surface area contributed by atoms with Crippen LogP contribution in [0.3, 0.4) is 0 Å². The van der Waals surface area contributed by atoms with Crippen molar-refractivity contribution in [2.24, 2.45) is 28.7 Å². The summed E-state index contributed by atoms with van der Waals surface area (Å²) in [6.45, 7) is 1.96. The third-order valence-electron chi connectivity index (χ3n) is 7.83. The first kappa shape index (κ1) is 20.6. The van der Waals surface area contributed by atoms with Crippen molar-refractivity contribution < 1.29 is 24.9 Å². The Labute approximate surface area is 171 Å². The molecule has 0 saturated heterocycles. The van der Waals surface area contributed by atoms with Gasteiger partial charge in [-0.1, -0.05) is 6.92 Å². The lowest BCUT2D eigenvalue weighted by Crippen LogP contribution is -2.44. The summed E-state index contributed by atoms with van der Waals surface area (Å²) in [7, 11) is 0. The van der Waals surface area contributed by atoms with Crippen LogP contribution in [0.2, 0.25) is 0 Å². The van der Waals surface area contributed by atoms with Crippen LogP contribution < -0.4 is 16.2 Å². The molecule has 2 saturated carbocycles. The molecule has 0 heterocycles. The molecule has 0 radical (unpaired) electrons. The molecule has 1 aromatic rings. The van der Waals surface area contributed by atoms with Crippen LogP contribution >= 0.6 is 0 Å². The topological polar surface area (TPSA) is 139 Å². The summed E-state index contributed by atoms with van der Waals surface area (Å²) in [5.74, 6) is 0.552. The highest BCUT2D eigenvalue weighted by Gasteiger charge is 2.57. The van der Waals surface area contributed by atoms with E-state index in [9.17, 15) is 15.0 Å². The van der Waals surface area contributed by atoms with E-state index in [1.54, 1.807) is 0 Å². The number of carbonyl (C=O) groups is 1. The molecule has 0 amide bonds. The molecule has 1 aromatic carbocycles. The Hall–Kier alpha value is -1.67. The lowest BCUT2D eigenvalue weighted by atomic mass is 9.55. The van der Waals surface area contributed by atoms with Crippen molar-refractivity contribution in [1.29, 1.82) is 0 Å². The lowest BCUT2D eigenvalue weighted by Gasteiger charge is -2.50. The Morgan fingerprint density at radius 2 is 2.10 bits per heavy atom. The van der Waals surface area contributed by atoms with Gasteiger partial charge in [0.2, 0.25) is 0 Å². The number of hydrogen-bond acceptors (Lipinski definition) is 6. The third kappa shape index (κ3) is 3.34. The zero-order valence-electron chi connectivity index (χ0n) is 16.9. The van der Waals surface area contributed by atoms with Gasteiger partial charge in [-0.05, 0) is 78.5 Å². The molecule has 0 bridgehead atoms. The predicted octanol–water partition coefficient (Wildman–Crippen LogP) is 1.30. The van der Waals surface area contributed by atoms with Gasteiger partial charge in [-0.25, -0.2) is 4.79 Å². The number of fused-ring (bicyclic) bond motifs is 5. The molecule has 0 aromatic heterocycles. The molecular formula is C22H32N2O5. The molecule has 160 valence electrons. The van der Waals surface area contributed by atoms with Crippen molar-refractivity contribution in [2.45, 2.75) is 63.2 Å². The number of hydrogen-bond donors (Lipinski definition) is 5. The highest BCUT2D eigenvalue weighted by molar-refractivity contribution is 5.68. The summed E-state index contributed by atoms with van der Waals surface area (Å²) in [5, 5.41) is 29.9. The Bertz CT molecular complexity index is 800. The van der Waals surface area contributed by atoms with Gasteiger partial charge in [0.05, 0.1) is 12.2 Å². The number of rotatable bonds is 5. The first-order chi connectivity index (χ1) is 13.8. The maximum absolute atomic E-state index is 11.0. The molecule has 0 aliphatic heterocycles. The van der Waals surface area contributed by atoms with Crippen LogP contribution in [-0.2, 0) is 11.2 Å². The fraction of sp³-hybridized carbons (Fsp3) is 0.682. The van der Waals surface area contributed by atoms with Crippen molar-refractivity contribution in [2.75, 3.05) is 13.2 Å². The molecule has 7 nitrogen and oxygen atoms in total. The minimum Gasteiger partial charge on any atom is -0.482 e. The van der Waals surface area contributed by atoms with E-state index in [0.717, 1.165) is 31.2 Å². The fourth-order valence-electron chi connectivity index (χ4n) is 6.29. The van der Waals surface area contributed by atoms with Crippen molar-refractivity contribution in [3.05, 3.63) is 28.8 Å². The smallest absolute Gasteiger partial charge is 0.341 e. The summed E-state index contributed by atoms with van der Waals surface area (Å²) in [6, 6.07) is 3.60. The molecule has 4 rings (SSSR count). The number of carboxylic acids is 1. The Morgan fingerprint density at radius 1 is 1.34 bits per heavy atom. The molecule has 2 fully saturated rings. The van der Waals surface area contributed by atoms with Gasteiger partial charge in [0.15, 0.2) is 6.61 Å². The first-order valence-corrected chi connectivity index (χ1v) is 10.6. The SMILES string of the molecule is C[C@]12CC[C@@H]3c4cc(C(N)CN)c(OCC(=O)O)cc4CC[C@H]3[C@@H]1C[C@@H](O)[C@@H]2O. The predicted molar refractivity (Wildman–Crippen MR) is 108 cm³/mol. The summed E-state index contributed by atoms with van der Waals surface area (Å²) in [6.07, 6.45) is 3.08. The maximum Gasteiger partial charge on any atom is 0.341 e. The molecule has 29 heavy (non-hydrogen) atoms. The van der Waals surface area contributed by atoms with Crippen LogP contribution in [0.25, 0.3) is 0 Å². The quantitative estimate of drug-likeness (QED) is 0.498. The average molecular weight is 405 g/mol. The second-order valence-electron chi connectivity index (χ2n) is 9.32. The minimum absolute atomic E-state index is 0.223. The van der Waals surface area contributed by atoms with Gasteiger partial charge >= 0.3 is 5.97 Å². The van der Waals surface area contributed by atoms with Crippen molar-refractivity contribution in [1.82, 2.24) is 0 Å². The number of aliphatic carboxylic acids is 1. The molecule has 7 atom stereocenters. The zero-order chi connectivity index (χ0) is 20.9. The molecule has 7 N–H and O–H groups in total. The van der Waals surface area contributed by atoms with Gasteiger partial charge in [0, 0.05) is 18.2 Å². The van der Waals surface area contributed by atoms with Crippen LogP contribution in [-0.4, -0.2) is 46.6 Å². The van der Waals surface area contributed by atoms with Gasteiger partial charge in [-0.2, -0.15) is 0 Å². The van der Waals surface area contributed by atoms with Gasteiger partial charge in [-0.15, -0.1) is 0 Å². The standard InChI is InChI=1S/C22H32N2O5/c1-22-5-4-12-13(16(22)8-18(25)21(22)28)3-2-11-6-19(29-10-20(26)27)15(7-14(11)12)17(24)9-23/h6-7,12-13,16-18,21,25,28H,2-5,8-10,23-24H2,1H3,(H,26,27)/t12-,13+,16-,17?,18+,21-,22-/m0/s1. The first-order valence-electron chi connectivity index (χ1n) is 10.6. The number of ether oxygens (including phenoxy) is 1. The van der Waals surface area contributed by atoms with Crippen LogP contribution in [0.4, 0.5) is 0 Å². The Kier molecular flexibility index (Phi) is 5.36. The van der Waals surface area contributed by atoms with Crippen LogP contribution in [0.15, 0.2) is 12.1 Å². The summed E-state index contributed by atoms with van der Waals surface area (Å²) < 4.78 is 5.54. The number of nitrogens with two attached hydrogens (primary N) is 2. The Balaban J connectivity index is 1.69. The van der Waals surface area contributed by atoms with Crippen molar-refractivity contribution >= 4 is 5.97 Å². The molecule has 7 heteroatoms. The summed E-state index contributed by atoms with van der Waals surface area (Å²) in [5.41, 5.74) is 15.0. The van der Waals surface area contributed by atoms with Crippen LogP contribution in [0.1, 0.15) is 61.3 Å². The van der Waals surface area contributed by atoms with Gasteiger partial charge in [0.25, 0.3) is 0 Å². The fourth-order valence-corrected chi connectivity index (χ4v) is 6.29. The number of benzene rings is 1. The second kappa shape index (κ2) is 7.54. The van der Waals surface area contributed by atoms with Crippen LogP contribution in [0.5, 0.6) is 5.75 Å². The average Bonchev–Trinajstić information content (AvgIpc) is 2.94. The van der Waals surface area contributed by atoms with E-state index in [1.807, 2.05) is 6.07 Å². The molecule has 1 unspecified atom stereocenters. The minimum atomic E-state index is -1.03. The van der Waals surface area contributed by atoms with E-state index in [1.165, 1.54) is 11.1 Å². The highest BCUT2D eigenvalue weighted by atomic mass is 16.5. The van der Waals surface area contributed by atoms with E-state index >= 15 is 0 Å². The normalized spacial score (nSPS) is 36.7. The maximum atomic E-state index is 11.0. The zero-order valence-corrected chi connectivity index (χ0v) is 16.9. The summed E-state index contributed by atoms with van der Waals surface area (Å²) >= 11 is 0. The van der Waals surface area contributed by atoms with E-state index in [2.05, 4.69) is 13.0 Å². The third-order valence-corrected chi connectivity index (χ3v) is 7.83. The van der Waals surface area contributed by atoms with Gasteiger partial charge in [0.1, 0.15) is 5.75 Å². The molecule has 3 aliphatic rings. The largest absolute Gasteiger partial charge is 0.482 e. The van der Waals surface area contributed by atoms with E-state index in [4.69, 9.17) is 21.3 Å². The van der Waals surface area contributed by atoms with E-state index < -0.39 is 30.8 Å². The summed E-state index contributed by atoms with van der Waals surface area (Å²) in [4.78, 5) is 11.0. The highest BCUT2D eigenvalue weighted by Crippen LogP contribution is 2.61. The lowest BCUT2D eigenvalue weighted by molar-refractivity contribution is -0.139. The number of carboxylic acid groups (broad SMARTS) is 1. The van der Waals surface area contributed by atoms with Crippen LogP contribution in [0, 0.1) is 17.3 Å². The second-order valence-corrected chi connectivity index (χ2v) is 9.32. The van der Waals surface area contributed by atoms with Crippen molar-refractivity contribution in [3.8, 4) is 5.75 Å².